The summed E-state index contributed by atoms with van der Waals surface area (Å²) in [6, 6.07) is 12.2. The summed E-state index contributed by atoms with van der Waals surface area (Å²) in [6.07, 6.45) is 2.06. The van der Waals surface area contributed by atoms with Gasteiger partial charge in [-0.05, 0) is 44.5 Å². The Bertz CT molecular complexity index is 757. The number of rotatable bonds is 3. The maximum absolute atomic E-state index is 12.7. The van der Waals surface area contributed by atoms with E-state index in [0.717, 1.165) is 42.5 Å². The van der Waals surface area contributed by atoms with Crippen LogP contribution in [0.15, 0.2) is 36.4 Å². The number of carbonyl (C=O) groups is 1. The average molecular weight is 339 g/mol. The van der Waals surface area contributed by atoms with Gasteiger partial charge in [0.05, 0.1) is 11.6 Å². The van der Waals surface area contributed by atoms with E-state index in [-0.39, 0.29) is 17.7 Å². The third kappa shape index (κ3) is 3.53. The van der Waals surface area contributed by atoms with Gasteiger partial charge in [-0.1, -0.05) is 24.3 Å². The number of aliphatic hydroxyl groups is 1. The Kier molecular flexibility index (Phi) is 4.68. The van der Waals surface area contributed by atoms with Crippen molar-refractivity contribution in [3.63, 3.8) is 0 Å². The molecule has 25 heavy (non-hydrogen) atoms. The molecular weight excluding hydrogens is 314 g/mol. The molecule has 0 bridgehead atoms. The summed E-state index contributed by atoms with van der Waals surface area (Å²) < 4.78 is 0. The first-order chi connectivity index (χ1) is 12.2. The molecule has 2 fully saturated rings. The lowest BCUT2D eigenvalue weighted by Gasteiger charge is -2.26. The summed E-state index contributed by atoms with van der Waals surface area (Å²) in [5.41, 5.74) is 1.97. The van der Waals surface area contributed by atoms with Crippen LogP contribution in [-0.4, -0.2) is 53.2 Å². The van der Waals surface area contributed by atoms with Gasteiger partial charge >= 0.3 is 0 Å². The largest absolute Gasteiger partial charge is 0.391 e. The van der Waals surface area contributed by atoms with Crippen molar-refractivity contribution >= 4 is 16.8 Å². The van der Waals surface area contributed by atoms with Crippen LogP contribution in [0.5, 0.6) is 0 Å². The van der Waals surface area contributed by atoms with Crippen LogP contribution in [0.4, 0.5) is 0 Å². The molecule has 5 nitrogen and oxygen atoms in total. The molecule has 0 unspecified atom stereocenters. The third-order valence-corrected chi connectivity index (χ3v) is 5.53. The molecule has 0 aliphatic carbocycles. The minimum atomic E-state index is -0.459. The number of benzene rings is 1. The maximum Gasteiger partial charge on any atom is 0.225 e. The van der Waals surface area contributed by atoms with Gasteiger partial charge in [0.25, 0.3) is 0 Å². The quantitative estimate of drug-likeness (QED) is 0.891. The Balaban J connectivity index is 1.43. The number of para-hydroxylation sites is 1. The zero-order chi connectivity index (χ0) is 17.2. The van der Waals surface area contributed by atoms with Crippen LogP contribution in [0.3, 0.4) is 0 Å². The molecule has 1 aromatic carbocycles. The number of aromatic nitrogens is 1. The second kappa shape index (κ2) is 7.10. The van der Waals surface area contributed by atoms with Crippen molar-refractivity contribution in [1.29, 1.82) is 0 Å². The molecule has 132 valence electrons. The van der Waals surface area contributed by atoms with Crippen molar-refractivity contribution in [2.75, 3.05) is 26.2 Å². The van der Waals surface area contributed by atoms with Gasteiger partial charge in [0.2, 0.25) is 5.91 Å². The summed E-state index contributed by atoms with van der Waals surface area (Å²) in [6.45, 7) is 2.92. The third-order valence-electron chi connectivity index (χ3n) is 5.53. The Morgan fingerprint density at radius 3 is 2.80 bits per heavy atom. The normalized spacial score (nSPS) is 24.8. The molecule has 5 heteroatoms. The average Bonchev–Trinajstić information content (AvgIpc) is 3.02. The fourth-order valence-corrected chi connectivity index (χ4v) is 4.05. The number of nitrogens with one attached hydrogen (secondary N) is 1. The van der Waals surface area contributed by atoms with Gasteiger partial charge in [-0.3, -0.25) is 9.78 Å². The Morgan fingerprint density at radius 2 is 1.96 bits per heavy atom. The first-order valence-corrected chi connectivity index (χ1v) is 9.23. The van der Waals surface area contributed by atoms with Gasteiger partial charge in [-0.2, -0.15) is 0 Å². The first kappa shape index (κ1) is 16.5. The number of fused-ring (bicyclic) bond motifs is 1. The van der Waals surface area contributed by atoms with E-state index in [9.17, 15) is 9.90 Å². The number of β-amino-alcohol motifs (C(OH)–C–C–N with tert-alkyl or cyclic N) is 1. The summed E-state index contributed by atoms with van der Waals surface area (Å²) in [4.78, 5) is 19.3. The van der Waals surface area contributed by atoms with Crippen LogP contribution in [0, 0.1) is 11.8 Å². The lowest BCUT2D eigenvalue weighted by molar-refractivity contribution is -0.135. The highest BCUT2D eigenvalue weighted by Crippen LogP contribution is 2.25. The number of aliphatic hydroxyl groups excluding tert-OH is 1. The van der Waals surface area contributed by atoms with Crippen LogP contribution in [0.1, 0.15) is 18.5 Å². The highest BCUT2D eigenvalue weighted by Gasteiger charge is 2.36. The fraction of sp³-hybridized carbons (Fsp3) is 0.500. The van der Waals surface area contributed by atoms with E-state index >= 15 is 0 Å². The second-order valence-electron chi connectivity index (χ2n) is 7.29. The zero-order valence-electron chi connectivity index (χ0n) is 14.4. The van der Waals surface area contributed by atoms with Crippen molar-refractivity contribution in [3.05, 3.63) is 42.1 Å². The number of amides is 1. The van der Waals surface area contributed by atoms with E-state index in [4.69, 9.17) is 4.98 Å². The predicted molar refractivity (Wildman–Crippen MR) is 97.1 cm³/mol. The molecule has 2 aliphatic heterocycles. The van der Waals surface area contributed by atoms with Gasteiger partial charge in [-0.15, -0.1) is 0 Å². The maximum atomic E-state index is 12.7. The number of pyridine rings is 1. The number of hydrogen-bond acceptors (Lipinski definition) is 4. The summed E-state index contributed by atoms with van der Waals surface area (Å²) in [5, 5.41) is 14.9. The number of carbonyl (C=O) groups excluding carboxylic acids is 1. The summed E-state index contributed by atoms with van der Waals surface area (Å²) >= 11 is 0. The Hall–Kier alpha value is -1.98. The predicted octanol–water partition coefficient (Wildman–Crippen LogP) is 1.60. The molecule has 0 saturated carbocycles. The van der Waals surface area contributed by atoms with Crippen molar-refractivity contribution in [2.45, 2.75) is 25.4 Å². The highest BCUT2D eigenvalue weighted by molar-refractivity contribution is 5.79. The van der Waals surface area contributed by atoms with E-state index in [2.05, 4.69) is 17.4 Å². The summed E-state index contributed by atoms with van der Waals surface area (Å²) in [7, 11) is 0. The van der Waals surface area contributed by atoms with E-state index < -0.39 is 6.10 Å². The molecule has 2 N–H and O–H groups in total. The number of likely N-dealkylation sites (tertiary alicyclic amines) is 1. The van der Waals surface area contributed by atoms with Gasteiger partial charge in [0.15, 0.2) is 0 Å². The van der Waals surface area contributed by atoms with Crippen molar-refractivity contribution in [3.8, 4) is 0 Å². The summed E-state index contributed by atoms with van der Waals surface area (Å²) in [5.74, 6) is 0.403. The molecule has 2 saturated heterocycles. The van der Waals surface area contributed by atoms with Gasteiger partial charge in [0, 0.05) is 36.0 Å². The molecule has 1 aromatic heterocycles. The SMILES string of the molecule is O=C(C1CCNCC1)N1C[C@@H](Cc2ccc3ccccc3n2)[C@H](O)C1. The molecule has 0 radical (unpaired) electrons. The standard InChI is InChI=1S/C20H25N3O2/c24-19-13-23(20(25)15-7-9-21-10-8-15)12-16(19)11-17-6-5-14-3-1-2-4-18(14)22-17/h1-6,15-16,19,21,24H,7-13H2/t16-,19-/m1/s1. The van der Waals surface area contributed by atoms with E-state index in [1.165, 1.54) is 0 Å². The first-order valence-electron chi connectivity index (χ1n) is 9.23. The minimum Gasteiger partial charge on any atom is -0.391 e. The van der Waals surface area contributed by atoms with Crippen LogP contribution >= 0.6 is 0 Å². The molecular formula is C20H25N3O2. The van der Waals surface area contributed by atoms with Crippen molar-refractivity contribution in [1.82, 2.24) is 15.2 Å². The minimum absolute atomic E-state index is 0.0688. The highest BCUT2D eigenvalue weighted by atomic mass is 16.3. The van der Waals surface area contributed by atoms with Crippen LogP contribution in [0.25, 0.3) is 10.9 Å². The van der Waals surface area contributed by atoms with Crippen LogP contribution in [-0.2, 0) is 11.2 Å². The molecule has 2 aromatic rings. The lowest BCUT2D eigenvalue weighted by atomic mass is 9.96. The monoisotopic (exact) mass is 339 g/mol. The van der Waals surface area contributed by atoms with Crippen LogP contribution in [0.2, 0.25) is 0 Å². The van der Waals surface area contributed by atoms with Gasteiger partial charge < -0.3 is 15.3 Å². The smallest absolute Gasteiger partial charge is 0.225 e. The van der Waals surface area contributed by atoms with Crippen molar-refractivity contribution in [2.24, 2.45) is 11.8 Å². The number of piperidine rings is 1. The molecule has 2 atom stereocenters. The zero-order valence-corrected chi connectivity index (χ0v) is 14.4. The second-order valence-corrected chi connectivity index (χ2v) is 7.29. The molecule has 4 rings (SSSR count). The van der Waals surface area contributed by atoms with Gasteiger partial charge in [0.1, 0.15) is 0 Å². The van der Waals surface area contributed by atoms with E-state index in [0.29, 0.717) is 19.5 Å². The topological polar surface area (TPSA) is 65.5 Å². The molecule has 0 spiro atoms. The van der Waals surface area contributed by atoms with E-state index in [1.54, 1.807) is 0 Å². The Morgan fingerprint density at radius 1 is 1.16 bits per heavy atom. The number of nitrogens with zero attached hydrogens (tertiary/aromatic N) is 2. The molecule has 3 heterocycles. The van der Waals surface area contributed by atoms with E-state index in [1.807, 2.05) is 29.2 Å². The lowest BCUT2D eigenvalue weighted by Crippen LogP contribution is -2.40. The van der Waals surface area contributed by atoms with Gasteiger partial charge in [-0.25, -0.2) is 0 Å². The fourth-order valence-electron chi connectivity index (χ4n) is 4.05. The number of hydrogen-bond donors (Lipinski definition) is 2. The van der Waals surface area contributed by atoms with Crippen molar-refractivity contribution < 1.29 is 9.90 Å². The molecule has 1 amide bonds. The van der Waals surface area contributed by atoms with Crippen LogP contribution < -0.4 is 5.32 Å². The molecule has 2 aliphatic rings. The Labute approximate surface area is 148 Å².